The summed E-state index contributed by atoms with van der Waals surface area (Å²) in [5, 5.41) is 8.73. The molecule has 0 saturated heterocycles. The van der Waals surface area contributed by atoms with Gasteiger partial charge >= 0.3 is 5.97 Å². The number of hydrogen-bond donors (Lipinski definition) is 1. The highest BCUT2D eigenvalue weighted by molar-refractivity contribution is 7.16. The van der Waals surface area contributed by atoms with Gasteiger partial charge in [-0.2, -0.15) is 0 Å². The van der Waals surface area contributed by atoms with E-state index in [4.69, 9.17) is 5.11 Å². The molecule has 0 aliphatic carbocycles. The fourth-order valence-electron chi connectivity index (χ4n) is 1.76. The van der Waals surface area contributed by atoms with E-state index in [1.807, 2.05) is 25.1 Å². The zero-order valence-electron chi connectivity index (χ0n) is 10.3. The summed E-state index contributed by atoms with van der Waals surface area (Å²) in [5.74, 6) is -0.905. The highest BCUT2D eigenvalue weighted by atomic mass is 32.1. The van der Waals surface area contributed by atoms with E-state index in [1.54, 1.807) is 11.3 Å². The number of aliphatic carboxylic acids is 1. The predicted molar refractivity (Wildman–Crippen MR) is 75.8 cm³/mol. The van der Waals surface area contributed by atoms with Crippen molar-refractivity contribution in [1.82, 2.24) is 0 Å². The summed E-state index contributed by atoms with van der Waals surface area (Å²) in [5.41, 5.74) is 3.18. The molecule has 92 valence electrons. The lowest BCUT2D eigenvalue weighted by Crippen LogP contribution is -1.88. The molecule has 0 unspecified atom stereocenters. The van der Waals surface area contributed by atoms with Crippen molar-refractivity contribution >= 4 is 22.9 Å². The number of carboxylic acid groups (broad SMARTS) is 1. The van der Waals surface area contributed by atoms with Crippen LogP contribution in [0.2, 0.25) is 0 Å². The first-order valence-corrected chi connectivity index (χ1v) is 6.46. The molecule has 0 radical (unpaired) electrons. The first-order chi connectivity index (χ1) is 8.56. The molecule has 3 heteroatoms. The lowest BCUT2D eigenvalue weighted by molar-refractivity contribution is -0.131. The molecule has 1 N–H and O–H groups in total. The van der Waals surface area contributed by atoms with Gasteiger partial charge in [0.2, 0.25) is 0 Å². The largest absolute Gasteiger partial charge is 0.478 e. The number of hydrogen-bond acceptors (Lipinski definition) is 2. The van der Waals surface area contributed by atoms with E-state index < -0.39 is 5.97 Å². The fourth-order valence-corrected chi connectivity index (χ4v) is 2.73. The van der Waals surface area contributed by atoms with E-state index >= 15 is 0 Å². The highest BCUT2D eigenvalue weighted by Crippen LogP contribution is 2.32. The third-order valence-corrected chi connectivity index (χ3v) is 3.91. The van der Waals surface area contributed by atoms with Crippen LogP contribution in [0.4, 0.5) is 0 Å². The first-order valence-electron chi connectivity index (χ1n) is 5.65. The molecule has 0 atom stereocenters. The Morgan fingerprint density at radius 1 is 1.28 bits per heavy atom. The third-order valence-electron chi connectivity index (χ3n) is 2.64. The van der Waals surface area contributed by atoms with Crippen molar-refractivity contribution in [3.63, 3.8) is 0 Å². The Morgan fingerprint density at radius 2 is 2.06 bits per heavy atom. The van der Waals surface area contributed by atoms with E-state index in [9.17, 15) is 4.79 Å². The van der Waals surface area contributed by atoms with E-state index in [0.29, 0.717) is 0 Å². The minimum atomic E-state index is -0.905. The van der Waals surface area contributed by atoms with Gasteiger partial charge in [0, 0.05) is 15.8 Å². The summed E-state index contributed by atoms with van der Waals surface area (Å²) in [6.07, 6.45) is 1.24. The number of allylic oxidation sites excluding steroid dienone is 1. The number of carboxylic acids is 1. The second-order valence-electron chi connectivity index (χ2n) is 4.20. The molecule has 0 bridgehead atoms. The van der Waals surface area contributed by atoms with Crippen LogP contribution in [0.3, 0.4) is 0 Å². The zero-order chi connectivity index (χ0) is 13.1. The summed E-state index contributed by atoms with van der Waals surface area (Å²) in [6, 6.07) is 12.3. The van der Waals surface area contributed by atoms with Gasteiger partial charge < -0.3 is 5.11 Å². The van der Waals surface area contributed by atoms with Gasteiger partial charge in [-0.1, -0.05) is 29.8 Å². The highest BCUT2D eigenvalue weighted by Gasteiger charge is 2.05. The molecule has 1 aromatic carbocycles. The van der Waals surface area contributed by atoms with Crippen molar-refractivity contribution in [2.45, 2.75) is 13.8 Å². The summed E-state index contributed by atoms with van der Waals surface area (Å²) in [7, 11) is 0. The van der Waals surface area contributed by atoms with Gasteiger partial charge in [0.1, 0.15) is 0 Å². The maximum Gasteiger partial charge on any atom is 0.328 e. The molecule has 0 aliphatic rings. The van der Waals surface area contributed by atoms with Crippen LogP contribution in [0.25, 0.3) is 16.0 Å². The Morgan fingerprint density at radius 3 is 2.72 bits per heavy atom. The molecule has 0 amide bonds. The Balaban J connectivity index is 2.34. The molecular formula is C15H14O2S. The van der Waals surface area contributed by atoms with Crippen molar-refractivity contribution in [1.29, 1.82) is 0 Å². The van der Waals surface area contributed by atoms with Crippen LogP contribution in [0.5, 0.6) is 0 Å². The smallest absolute Gasteiger partial charge is 0.328 e. The predicted octanol–water partition coefficient (Wildman–Crippen LogP) is 4.21. The minimum absolute atomic E-state index is 0.784. The van der Waals surface area contributed by atoms with E-state index in [-0.39, 0.29) is 0 Å². The Hall–Kier alpha value is -1.87. The number of aryl methyl sites for hydroxylation is 1. The average Bonchev–Trinajstić information content (AvgIpc) is 2.77. The van der Waals surface area contributed by atoms with Gasteiger partial charge in [-0.25, -0.2) is 4.79 Å². The Kier molecular flexibility index (Phi) is 3.63. The quantitative estimate of drug-likeness (QED) is 0.837. The summed E-state index contributed by atoms with van der Waals surface area (Å²) in [4.78, 5) is 12.8. The van der Waals surface area contributed by atoms with Gasteiger partial charge in [-0.05, 0) is 37.1 Å². The number of thiophene rings is 1. The van der Waals surface area contributed by atoms with Crippen molar-refractivity contribution in [2.24, 2.45) is 0 Å². The molecule has 0 spiro atoms. The molecule has 0 fully saturated rings. The maximum atomic E-state index is 10.6. The minimum Gasteiger partial charge on any atom is -0.478 e. The van der Waals surface area contributed by atoms with Gasteiger partial charge in [0.15, 0.2) is 0 Å². The number of carbonyl (C=O) groups is 1. The summed E-state index contributed by atoms with van der Waals surface area (Å²) >= 11 is 1.61. The lowest BCUT2D eigenvalue weighted by atomic mass is 10.1. The standard InChI is InChI=1S/C15H14O2S/c1-10-4-3-5-12(8-10)14-7-6-13(18-14)11(2)9-15(16)17/h3-9H,1-2H3,(H,16,17)/b11-9+. The van der Waals surface area contributed by atoms with Crippen molar-refractivity contribution in [3.8, 4) is 10.4 Å². The maximum absolute atomic E-state index is 10.6. The molecule has 0 saturated carbocycles. The molecule has 18 heavy (non-hydrogen) atoms. The van der Waals surface area contributed by atoms with E-state index in [1.165, 1.54) is 17.2 Å². The molecule has 1 heterocycles. The van der Waals surface area contributed by atoms with Crippen molar-refractivity contribution in [3.05, 3.63) is 52.9 Å². The molecule has 2 nitrogen and oxygen atoms in total. The van der Waals surface area contributed by atoms with Crippen LogP contribution in [-0.4, -0.2) is 11.1 Å². The van der Waals surface area contributed by atoms with Gasteiger partial charge in [-0.15, -0.1) is 11.3 Å². The second-order valence-corrected chi connectivity index (χ2v) is 5.28. The summed E-state index contributed by atoms with van der Waals surface area (Å²) in [6.45, 7) is 3.88. The Bertz CT molecular complexity index is 608. The normalized spacial score (nSPS) is 11.6. The van der Waals surface area contributed by atoms with Crippen LogP contribution in [-0.2, 0) is 4.79 Å². The van der Waals surface area contributed by atoms with Gasteiger partial charge in [-0.3, -0.25) is 0 Å². The van der Waals surface area contributed by atoms with Gasteiger partial charge in [0.05, 0.1) is 0 Å². The van der Waals surface area contributed by atoms with E-state index in [2.05, 4.69) is 25.1 Å². The topological polar surface area (TPSA) is 37.3 Å². The van der Waals surface area contributed by atoms with Crippen LogP contribution in [0, 0.1) is 6.92 Å². The Labute approximate surface area is 110 Å². The van der Waals surface area contributed by atoms with Crippen LogP contribution < -0.4 is 0 Å². The molecular weight excluding hydrogens is 244 g/mol. The third kappa shape index (κ3) is 2.87. The molecule has 0 aliphatic heterocycles. The monoisotopic (exact) mass is 258 g/mol. The number of benzene rings is 1. The zero-order valence-corrected chi connectivity index (χ0v) is 11.1. The molecule has 2 rings (SSSR count). The first kappa shape index (κ1) is 12.6. The molecule has 1 aromatic heterocycles. The van der Waals surface area contributed by atoms with E-state index in [0.717, 1.165) is 15.3 Å². The second kappa shape index (κ2) is 5.19. The fraction of sp³-hybridized carbons (Fsp3) is 0.133. The van der Waals surface area contributed by atoms with Crippen LogP contribution in [0.15, 0.2) is 42.5 Å². The number of rotatable bonds is 3. The van der Waals surface area contributed by atoms with Crippen molar-refractivity contribution in [2.75, 3.05) is 0 Å². The molecule has 2 aromatic rings. The van der Waals surface area contributed by atoms with Crippen molar-refractivity contribution < 1.29 is 9.90 Å². The SMILES string of the molecule is C/C(=C\C(=O)O)c1ccc(-c2cccc(C)c2)s1. The summed E-state index contributed by atoms with van der Waals surface area (Å²) < 4.78 is 0. The van der Waals surface area contributed by atoms with Crippen LogP contribution >= 0.6 is 11.3 Å². The van der Waals surface area contributed by atoms with Gasteiger partial charge in [0.25, 0.3) is 0 Å². The lowest BCUT2D eigenvalue weighted by Gasteiger charge is -1.99. The average molecular weight is 258 g/mol. The van der Waals surface area contributed by atoms with Crippen LogP contribution in [0.1, 0.15) is 17.4 Å².